The molecule has 0 saturated heterocycles. The highest BCUT2D eigenvalue weighted by Gasteiger charge is 1.80. The number of unbranched alkanes of at least 4 members (excludes halogenated alkanes) is 4. The summed E-state index contributed by atoms with van der Waals surface area (Å²) in [6.45, 7) is 6.65. The van der Waals surface area contributed by atoms with Crippen molar-refractivity contribution in [3.63, 3.8) is 0 Å². The zero-order valence-electron chi connectivity index (χ0n) is 10.6. The van der Waals surface area contributed by atoms with E-state index >= 15 is 0 Å². The second-order valence-corrected chi connectivity index (χ2v) is 3.90. The van der Waals surface area contributed by atoms with E-state index in [0.29, 0.717) is 0 Å². The normalized spacial score (nSPS) is 9.27. The van der Waals surface area contributed by atoms with E-state index in [4.69, 9.17) is 0 Å². The van der Waals surface area contributed by atoms with Crippen LogP contribution in [-0.2, 0) is 6.42 Å². The average Bonchev–Trinajstić information content (AvgIpc) is 2.32. The quantitative estimate of drug-likeness (QED) is 0.579. The van der Waals surface area contributed by atoms with Crippen molar-refractivity contribution in [2.45, 2.75) is 59.3 Å². The van der Waals surface area contributed by atoms with Crippen LogP contribution in [0.2, 0.25) is 0 Å². The first-order chi connectivity index (χ1) is 7.35. The highest BCUT2D eigenvalue weighted by atomic mass is 13.9. The number of benzene rings is 1. The summed E-state index contributed by atoms with van der Waals surface area (Å²) in [7, 11) is 0. The first kappa shape index (κ1) is 14.2. The third kappa shape index (κ3) is 9.52. The molecule has 0 fully saturated rings. The smallest absolute Gasteiger partial charge is 0.0307 e. The van der Waals surface area contributed by atoms with Crippen LogP contribution in [-0.4, -0.2) is 0 Å². The fourth-order valence-electron chi connectivity index (χ4n) is 1.39. The Morgan fingerprint density at radius 2 is 1.27 bits per heavy atom. The van der Waals surface area contributed by atoms with Gasteiger partial charge in [-0.25, -0.2) is 0 Å². The molecule has 1 rings (SSSR count). The molecule has 0 saturated carbocycles. The van der Waals surface area contributed by atoms with Gasteiger partial charge in [0.25, 0.3) is 0 Å². The monoisotopic (exact) mass is 206 g/mol. The van der Waals surface area contributed by atoms with Gasteiger partial charge in [-0.15, -0.1) is 0 Å². The molecule has 0 atom stereocenters. The lowest BCUT2D eigenvalue weighted by atomic mass is 10.2. The second-order valence-electron chi connectivity index (χ2n) is 3.90. The molecule has 0 unspecified atom stereocenters. The lowest BCUT2D eigenvalue weighted by molar-refractivity contribution is 0.656. The van der Waals surface area contributed by atoms with Gasteiger partial charge in [0.2, 0.25) is 0 Å². The number of hydrogen-bond acceptors (Lipinski definition) is 0. The number of aryl methyl sites for hydroxylation is 1. The van der Waals surface area contributed by atoms with Crippen LogP contribution in [0.4, 0.5) is 0 Å². The Morgan fingerprint density at radius 3 is 1.60 bits per heavy atom. The standard InChI is InChI=1S/C8H10.C7H16/c1-2-8-6-4-3-5-7-8;1-3-5-7-6-4-2/h3-7H,2H2,1H3;3-7H2,1-2H3. The van der Waals surface area contributed by atoms with Gasteiger partial charge in [-0.05, 0) is 12.0 Å². The SMILES string of the molecule is CCCCCCC.CCc1ccccc1. The van der Waals surface area contributed by atoms with Crippen LogP contribution in [0.25, 0.3) is 0 Å². The van der Waals surface area contributed by atoms with Gasteiger partial charge in [0, 0.05) is 0 Å². The Balaban J connectivity index is 0.000000265. The summed E-state index contributed by atoms with van der Waals surface area (Å²) in [5, 5.41) is 0. The Morgan fingerprint density at radius 1 is 0.733 bits per heavy atom. The molecule has 86 valence electrons. The molecular formula is C15H26. The first-order valence-corrected chi connectivity index (χ1v) is 6.39. The first-order valence-electron chi connectivity index (χ1n) is 6.39. The minimum Gasteiger partial charge on any atom is -0.0654 e. The molecule has 0 aliphatic rings. The van der Waals surface area contributed by atoms with Crippen molar-refractivity contribution in [3.05, 3.63) is 35.9 Å². The van der Waals surface area contributed by atoms with Gasteiger partial charge in [-0.3, -0.25) is 0 Å². The Labute approximate surface area is 95.7 Å². The van der Waals surface area contributed by atoms with E-state index in [9.17, 15) is 0 Å². The van der Waals surface area contributed by atoms with Crippen LogP contribution in [0.5, 0.6) is 0 Å². The van der Waals surface area contributed by atoms with Crippen LogP contribution >= 0.6 is 0 Å². The number of hydrogen-bond donors (Lipinski definition) is 0. The van der Waals surface area contributed by atoms with Gasteiger partial charge in [-0.1, -0.05) is 83.2 Å². The van der Waals surface area contributed by atoms with Crippen LogP contribution in [0.15, 0.2) is 30.3 Å². The van der Waals surface area contributed by atoms with Crippen LogP contribution in [0, 0.1) is 0 Å². The van der Waals surface area contributed by atoms with Crippen molar-refractivity contribution in [3.8, 4) is 0 Å². The molecule has 0 heteroatoms. The summed E-state index contributed by atoms with van der Waals surface area (Å²) >= 11 is 0. The zero-order chi connectivity index (χ0) is 11.4. The molecule has 1 aromatic carbocycles. The summed E-state index contributed by atoms with van der Waals surface area (Å²) < 4.78 is 0. The van der Waals surface area contributed by atoms with Gasteiger partial charge in [-0.2, -0.15) is 0 Å². The Kier molecular flexibility index (Phi) is 10.7. The van der Waals surface area contributed by atoms with Gasteiger partial charge in [0.15, 0.2) is 0 Å². The Hall–Kier alpha value is -0.780. The topological polar surface area (TPSA) is 0 Å². The third-order valence-corrected chi connectivity index (χ3v) is 2.46. The maximum absolute atomic E-state index is 2.25. The molecule has 1 aromatic rings. The van der Waals surface area contributed by atoms with Crippen molar-refractivity contribution in [2.75, 3.05) is 0 Å². The van der Waals surface area contributed by atoms with Crippen LogP contribution in [0.1, 0.15) is 58.4 Å². The van der Waals surface area contributed by atoms with Crippen LogP contribution < -0.4 is 0 Å². The van der Waals surface area contributed by atoms with E-state index in [-0.39, 0.29) is 0 Å². The van der Waals surface area contributed by atoms with Gasteiger partial charge < -0.3 is 0 Å². The summed E-state index contributed by atoms with van der Waals surface area (Å²) in [4.78, 5) is 0. The van der Waals surface area contributed by atoms with E-state index in [1.54, 1.807) is 0 Å². The van der Waals surface area contributed by atoms with Crippen molar-refractivity contribution >= 4 is 0 Å². The van der Waals surface area contributed by atoms with Crippen molar-refractivity contribution in [1.82, 2.24) is 0 Å². The Bertz CT molecular complexity index is 197. The average molecular weight is 206 g/mol. The summed E-state index contributed by atoms with van der Waals surface area (Å²) in [5.74, 6) is 0. The zero-order valence-corrected chi connectivity index (χ0v) is 10.6. The lowest BCUT2D eigenvalue weighted by Crippen LogP contribution is -1.73. The minimum absolute atomic E-state index is 1.14. The third-order valence-electron chi connectivity index (χ3n) is 2.46. The fraction of sp³-hybridized carbons (Fsp3) is 0.600. The van der Waals surface area contributed by atoms with Crippen molar-refractivity contribution in [1.29, 1.82) is 0 Å². The van der Waals surface area contributed by atoms with E-state index < -0.39 is 0 Å². The molecule has 0 nitrogen and oxygen atoms in total. The predicted molar refractivity (Wildman–Crippen MR) is 70.3 cm³/mol. The maximum atomic E-state index is 2.25. The molecular weight excluding hydrogens is 180 g/mol. The van der Waals surface area contributed by atoms with Crippen LogP contribution in [0.3, 0.4) is 0 Å². The van der Waals surface area contributed by atoms with Crippen molar-refractivity contribution < 1.29 is 0 Å². The second kappa shape index (κ2) is 11.3. The summed E-state index contributed by atoms with van der Waals surface area (Å²) in [6, 6.07) is 10.5. The minimum atomic E-state index is 1.14. The molecule has 0 aromatic heterocycles. The molecule has 0 amide bonds. The molecule has 0 aliphatic heterocycles. The highest BCUT2D eigenvalue weighted by molar-refractivity contribution is 5.13. The molecule has 0 radical (unpaired) electrons. The summed E-state index contributed by atoms with van der Waals surface area (Å²) in [6.07, 6.45) is 8.15. The van der Waals surface area contributed by atoms with Gasteiger partial charge >= 0.3 is 0 Å². The highest BCUT2D eigenvalue weighted by Crippen LogP contribution is 2.00. The van der Waals surface area contributed by atoms with Gasteiger partial charge in [0.05, 0.1) is 0 Å². The lowest BCUT2D eigenvalue weighted by Gasteiger charge is -1.90. The fourth-order valence-corrected chi connectivity index (χ4v) is 1.39. The molecule has 15 heavy (non-hydrogen) atoms. The molecule has 0 N–H and O–H groups in total. The maximum Gasteiger partial charge on any atom is -0.0307 e. The number of rotatable bonds is 5. The van der Waals surface area contributed by atoms with E-state index in [1.165, 1.54) is 37.7 Å². The molecule has 0 spiro atoms. The molecule has 0 heterocycles. The molecule has 0 bridgehead atoms. The van der Waals surface area contributed by atoms with E-state index in [2.05, 4.69) is 45.0 Å². The van der Waals surface area contributed by atoms with Crippen molar-refractivity contribution in [2.24, 2.45) is 0 Å². The predicted octanol–water partition coefficient (Wildman–Crippen LogP) is 5.23. The summed E-state index contributed by atoms with van der Waals surface area (Å²) in [5.41, 5.74) is 1.41. The van der Waals surface area contributed by atoms with E-state index in [1.807, 2.05) is 6.07 Å². The van der Waals surface area contributed by atoms with E-state index in [0.717, 1.165) is 6.42 Å². The van der Waals surface area contributed by atoms with Gasteiger partial charge in [0.1, 0.15) is 0 Å². The molecule has 0 aliphatic carbocycles. The largest absolute Gasteiger partial charge is 0.0654 e.